The molecule has 166 valence electrons. The first kappa shape index (κ1) is 24.9. The Labute approximate surface area is 191 Å². The molecular weight excluding hydrogens is 463 g/mol. The number of ether oxygens (including phenoxy) is 1. The quantitative estimate of drug-likeness (QED) is 0.430. The number of carbonyl (C=O) groups is 2. The Balaban J connectivity index is 1.95. The maximum atomic E-state index is 12.3. The van der Waals surface area contributed by atoms with Crippen LogP contribution in [0.1, 0.15) is 26.3 Å². The highest BCUT2D eigenvalue weighted by atomic mass is 35.5. The lowest BCUT2D eigenvalue weighted by molar-refractivity contribution is -0.148. The van der Waals surface area contributed by atoms with Gasteiger partial charge < -0.3 is 10.1 Å². The van der Waals surface area contributed by atoms with Crippen molar-refractivity contribution in [3.05, 3.63) is 64.1 Å². The molecular formula is C21H22Cl2N2O5S. The molecule has 0 aliphatic heterocycles. The zero-order valence-electron chi connectivity index (χ0n) is 17.1. The topological polar surface area (TPSA) is 102 Å². The molecule has 0 aliphatic rings. The molecule has 1 atom stereocenters. The zero-order chi connectivity index (χ0) is 23.2. The Bertz CT molecular complexity index is 1080. The molecule has 2 aromatic rings. The fourth-order valence-corrected chi connectivity index (χ4v) is 4.04. The van der Waals surface area contributed by atoms with Crippen molar-refractivity contribution in [2.24, 2.45) is 0 Å². The van der Waals surface area contributed by atoms with Gasteiger partial charge in [0.25, 0.3) is 5.91 Å². The van der Waals surface area contributed by atoms with Crippen LogP contribution in [-0.2, 0) is 24.3 Å². The van der Waals surface area contributed by atoms with Crippen LogP contribution in [0.5, 0.6) is 0 Å². The Hall–Kier alpha value is -2.39. The highest BCUT2D eigenvalue weighted by Gasteiger charge is 2.18. The monoisotopic (exact) mass is 484 g/mol. The van der Waals surface area contributed by atoms with Crippen molar-refractivity contribution in [3.8, 4) is 0 Å². The summed E-state index contributed by atoms with van der Waals surface area (Å²) in [4.78, 5) is 24.3. The minimum atomic E-state index is -3.63. The molecule has 1 amide bonds. The van der Waals surface area contributed by atoms with E-state index < -0.39 is 28.0 Å². The average Bonchev–Trinajstić information content (AvgIpc) is 2.68. The second-order valence-corrected chi connectivity index (χ2v) is 9.34. The van der Waals surface area contributed by atoms with Crippen molar-refractivity contribution in [2.45, 2.75) is 37.8 Å². The minimum Gasteiger partial charge on any atom is -0.449 e. The third-order valence-electron chi connectivity index (χ3n) is 3.87. The maximum Gasteiger partial charge on any atom is 0.331 e. The van der Waals surface area contributed by atoms with E-state index in [4.69, 9.17) is 27.9 Å². The van der Waals surface area contributed by atoms with Gasteiger partial charge in [-0.25, -0.2) is 17.9 Å². The second kappa shape index (κ2) is 10.8. The SMILES string of the molecule is CC(C)NS(=O)(=O)c1ccc(NC(=O)C(C)OC(=O)/C=C/c2cccc(Cl)c2Cl)cc1. The number of halogens is 2. The highest BCUT2D eigenvalue weighted by Crippen LogP contribution is 2.26. The summed E-state index contributed by atoms with van der Waals surface area (Å²) < 4.78 is 31.8. The molecule has 0 heterocycles. The molecule has 0 fully saturated rings. The fourth-order valence-electron chi connectivity index (χ4n) is 2.41. The number of hydrogen-bond donors (Lipinski definition) is 2. The molecule has 0 spiro atoms. The molecule has 0 aliphatic carbocycles. The van der Waals surface area contributed by atoms with E-state index in [0.29, 0.717) is 21.3 Å². The van der Waals surface area contributed by atoms with E-state index in [-0.39, 0.29) is 10.9 Å². The smallest absolute Gasteiger partial charge is 0.331 e. The van der Waals surface area contributed by atoms with Gasteiger partial charge in [-0.05, 0) is 62.7 Å². The van der Waals surface area contributed by atoms with Crippen molar-refractivity contribution in [2.75, 3.05) is 5.32 Å². The van der Waals surface area contributed by atoms with Crippen molar-refractivity contribution in [1.82, 2.24) is 4.72 Å². The van der Waals surface area contributed by atoms with Crippen LogP contribution in [0, 0.1) is 0 Å². The molecule has 7 nitrogen and oxygen atoms in total. The number of carbonyl (C=O) groups excluding carboxylic acids is 2. The summed E-state index contributed by atoms with van der Waals surface area (Å²) in [5.74, 6) is -1.31. The Morgan fingerprint density at radius 2 is 1.68 bits per heavy atom. The van der Waals surface area contributed by atoms with Gasteiger partial charge in [0.1, 0.15) is 0 Å². The lowest BCUT2D eigenvalue weighted by Gasteiger charge is -2.13. The first-order chi connectivity index (χ1) is 14.5. The highest BCUT2D eigenvalue weighted by molar-refractivity contribution is 7.89. The molecule has 2 aromatic carbocycles. The summed E-state index contributed by atoms with van der Waals surface area (Å²) in [5.41, 5.74) is 0.892. The number of benzene rings is 2. The van der Waals surface area contributed by atoms with Gasteiger partial charge in [0.05, 0.1) is 14.9 Å². The molecule has 0 radical (unpaired) electrons. The lowest BCUT2D eigenvalue weighted by Crippen LogP contribution is -2.30. The van der Waals surface area contributed by atoms with Gasteiger partial charge >= 0.3 is 5.97 Å². The number of nitrogens with one attached hydrogen (secondary N) is 2. The van der Waals surface area contributed by atoms with E-state index in [0.717, 1.165) is 6.08 Å². The van der Waals surface area contributed by atoms with Crippen molar-refractivity contribution in [3.63, 3.8) is 0 Å². The molecule has 1 unspecified atom stereocenters. The molecule has 0 saturated carbocycles. The molecule has 10 heteroatoms. The molecule has 2 N–H and O–H groups in total. The van der Waals surface area contributed by atoms with Crippen LogP contribution in [0.2, 0.25) is 10.0 Å². The van der Waals surface area contributed by atoms with E-state index >= 15 is 0 Å². The maximum absolute atomic E-state index is 12.3. The van der Waals surface area contributed by atoms with Crippen molar-refractivity contribution < 1.29 is 22.7 Å². The Morgan fingerprint density at radius 1 is 1.03 bits per heavy atom. The predicted molar refractivity (Wildman–Crippen MR) is 122 cm³/mol. The van der Waals surface area contributed by atoms with Crippen molar-refractivity contribution >= 4 is 56.9 Å². The van der Waals surface area contributed by atoms with Crippen LogP contribution in [0.15, 0.2) is 53.4 Å². The first-order valence-electron chi connectivity index (χ1n) is 9.25. The lowest BCUT2D eigenvalue weighted by atomic mass is 10.2. The van der Waals surface area contributed by atoms with Crippen molar-refractivity contribution in [1.29, 1.82) is 0 Å². The van der Waals surface area contributed by atoms with Crippen LogP contribution in [0.4, 0.5) is 5.69 Å². The van der Waals surface area contributed by atoms with Gasteiger partial charge in [0.2, 0.25) is 10.0 Å². The van der Waals surface area contributed by atoms with Crippen LogP contribution in [-0.4, -0.2) is 32.4 Å². The standard InChI is InChI=1S/C21H22Cl2N2O5S/c1-13(2)25-31(28,29)17-10-8-16(9-11-17)24-21(27)14(3)30-19(26)12-7-15-5-4-6-18(22)20(15)23/h4-14,25H,1-3H3,(H,24,27)/b12-7+. The second-order valence-electron chi connectivity index (χ2n) is 6.85. The number of esters is 1. The predicted octanol–water partition coefficient (Wildman–Crippen LogP) is 4.26. The van der Waals surface area contributed by atoms with Gasteiger partial charge in [-0.2, -0.15) is 0 Å². The fraction of sp³-hybridized carbons (Fsp3) is 0.238. The molecule has 2 rings (SSSR count). The van der Waals surface area contributed by atoms with Gasteiger partial charge in [0, 0.05) is 17.8 Å². The number of rotatable bonds is 8. The molecule has 0 aromatic heterocycles. The summed E-state index contributed by atoms with van der Waals surface area (Å²) in [6, 6.07) is 10.4. The van der Waals surface area contributed by atoms with Crippen LogP contribution in [0.25, 0.3) is 6.08 Å². The van der Waals surface area contributed by atoms with E-state index in [2.05, 4.69) is 10.0 Å². The van der Waals surface area contributed by atoms with Gasteiger partial charge in [-0.3, -0.25) is 4.79 Å². The third kappa shape index (κ3) is 7.36. The summed E-state index contributed by atoms with van der Waals surface area (Å²) in [6.45, 7) is 4.85. The van der Waals surface area contributed by atoms with Crippen LogP contribution in [0.3, 0.4) is 0 Å². The average molecular weight is 485 g/mol. The normalized spacial score (nSPS) is 12.7. The minimum absolute atomic E-state index is 0.0727. The molecule has 0 saturated heterocycles. The Morgan fingerprint density at radius 3 is 2.29 bits per heavy atom. The summed E-state index contributed by atoms with van der Waals surface area (Å²) in [6.07, 6.45) is 1.49. The van der Waals surface area contributed by atoms with Gasteiger partial charge in [0.15, 0.2) is 6.10 Å². The van der Waals surface area contributed by atoms with Crippen LogP contribution >= 0.6 is 23.2 Å². The van der Waals surface area contributed by atoms with Gasteiger partial charge in [-0.1, -0.05) is 35.3 Å². The van der Waals surface area contributed by atoms with E-state index in [1.165, 1.54) is 37.3 Å². The summed E-state index contributed by atoms with van der Waals surface area (Å²) in [7, 11) is -3.63. The molecule has 31 heavy (non-hydrogen) atoms. The number of hydrogen-bond acceptors (Lipinski definition) is 5. The summed E-state index contributed by atoms with van der Waals surface area (Å²) in [5, 5.41) is 3.21. The third-order valence-corrected chi connectivity index (χ3v) is 6.37. The molecule has 0 bridgehead atoms. The summed E-state index contributed by atoms with van der Waals surface area (Å²) >= 11 is 12.0. The number of amides is 1. The van der Waals surface area contributed by atoms with E-state index in [1.807, 2.05) is 0 Å². The number of anilines is 1. The number of sulfonamides is 1. The van der Waals surface area contributed by atoms with Crippen LogP contribution < -0.4 is 10.0 Å². The Kier molecular flexibility index (Phi) is 8.64. The van der Waals surface area contributed by atoms with E-state index in [9.17, 15) is 18.0 Å². The first-order valence-corrected chi connectivity index (χ1v) is 11.5. The zero-order valence-corrected chi connectivity index (χ0v) is 19.4. The van der Waals surface area contributed by atoms with Gasteiger partial charge in [-0.15, -0.1) is 0 Å². The largest absolute Gasteiger partial charge is 0.449 e. The van der Waals surface area contributed by atoms with E-state index in [1.54, 1.807) is 32.0 Å².